The van der Waals surface area contributed by atoms with Crippen molar-refractivity contribution < 1.29 is 14.7 Å². The number of thiophene rings is 1. The Labute approximate surface area is 203 Å². The van der Waals surface area contributed by atoms with Crippen LogP contribution in [-0.2, 0) is 25.0 Å². The number of aliphatic hydroxyl groups excluding tert-OH is 1. The second kappa shape index (κ2) is 8.63. The van der Waals surface area contributed by atoms with Crippen LogP contribution in [0.5, 0.6) is 0 Å². The van der Waals surface area contributed by atoms with Gasteiger partial charge in [0.15, 0.2) is 0 Å². The summed E-state index contributed by atoms with van der Waals surface area (Å²) in [5.74, 6) is -0.150. The Morgan fingerprint density at radius 3 is 2.71 bits per heavy atom. The number of aromatic nitrogens is 4. The standard InChI is InChI=1S/C23H26N6O5S/c1-12(2)8-28-21-18(19(31)26(3)23(28)33)17(20(32)29-9-13(30)11-34-29)16(35-21)10-27-15-7-5-4-6-14(15)25-22(27)24/h4-7,12-13,30H,8-11H2,1-3H3,(H2,24,25). The number of anilines is 1. The van der Waals surface area contributed by atoms with Gasteiger partial charge in [0, 0.05) is 18.5 Å². The van der Waals surface area contributed by atoms with Gasteiger partial charge in [-0.3, -0.25) is 23.6 Å². The smallest absolute Gasteiger partial charge is 0.331 e. The summed E-state index contributed by atoms with van der Waals surface area (Å²) in [6.07, 6.45) is -0.817. The van der Waals surface area contributed by atoms with Gasteiger partial charge in [0.05, 0.1) is 35.1 Å². The molecule has 0 bridgehead atoms. The number of carbonyl (C=O) groups excluding carboxylic acids is 1. The lowest BCUT2D eigenvalue weighted by atomic mass is 10.1. The van der Waals surface area contributed by atoms with Gasteiger partial charge in [0.1, 0.15) is 17.5 Å². The first-order chi connectivity index (χ1) is 16.7. The van der Waals surface area contributed by atoms with E-state index in [2.05, 4.69) is 4.98 Å². The van der Waals surface area contributed by atoms with Crippen LogP contribution in [0.2, 0.25) is 0 Å². The Morgan fingerprint density at radius 1 is 1.29 bits per heavy atom. The summed E-state index contributed by atoms with van der Waals surface area (Å²) in [5.41, 5.74) is 6.85. The third-order valence-corrected chi connectivity index (χ3v) is 7.21. The Morgan fingerprint density at radius 2 is 2.03 bits per heavy atom. The molecular weight excluding hydrogens is 472 g/mol. The molecule has 1 unspecified atom stereocenters. The van der Waals surface area contributed by atoms with Crippen LogP contribution in [0.3, 0.4) is 0 Å². The zero-order valence-electron chi connectivity index (χ0n) is 19.6. The van der Waals surface area contributed by atoms with E-state index in [0.717, 1.165) is 15.1 Å². The lowest BCUT2D eigenvalue weighted by Crippen LogP contribution is -2.39. The van der Waals surface area contributed by atoms with Crippen molar-refractivity contribution in [3.63, 3.8) is 0 Å². The number of nitrogens with two attached hydrogens (primary N) is 1. The van der Waals surface area contributed by atoms with Gasteiger partial charge in [0.25, 0.3) is 11.5 Å². The number of β-amino-alcohol motifs (C(OH)–C–C–N with tert-alkyl or cyclic N) is 1. The number of amides is 1. The first-order valence-electron chi connectivity index (χ1n) is 11.3. The largest absolute Gasteiger partial charge is 0.389 e. The highest BCUT2D eigenvalue weighted by Crippen LogP contribution is 2.33. The highest BCUT2D eigenvalue weighted by molar-refractivity contribution is 7.19. The van der Waals surface area contributed by atoms with Crippen LogP contribution in [0, 0.1) is 5.92 Å². The van der Waals surface area contributed by atoms with Gasteiger partial charge in [-0.2, -0.15) is 0 Å². The molecule has 4 heterocycles. The summed E-state index contributed by atoms with van der Waals surface area (Å²) < 4.78 is 4.34. The molecule has 1 aliphatic rings. The van der Waals surface area contributed by atoms with E-state index in [0.29, 0.717) is 21.8 Å². The average molecular weight is 499 g/mol. The van der Waals surface area contributed by atoms with Crippen LogP contribution in [0.1, 0.15) is 29.1 Å². The maximum atomic E-state index is 13.7. The Kier molecular flexibility index (Phi) is 5.74. The maximum Gasteiger partial charge on any atom is 0.331 e. The fourth-order valence-electron chi connectivity index (χ4n) is 4.38. The molecule has 1 aliphatic heterocycles. The molecule has 0 spiro atoms. The van der Waals surface area contributed by atoms with Crippen molar-refractivity contribution in [1.82, 2.24) is 23.7 Å². The van der Waals surface area contributed by atoms with Crippen LogP contribution in [0.4, 0.5) is 5.95 Å². The number of rotatable bonds is 5. The highest BCUT2D eigenvalue weighted by atomic mass is 32.1. The minimum atomic E-state index is -0.817. The number of carbonyl (C=O) groups is 1. The fourth-order valence-corrected chi connectivity index (χ4v) is 5.66. The van der Waals surface area contributed by atoms with Crippen LogP contribution in [0.15, 0.2) is 33.9 Å². The summed E-state index contributed by atoms with van der Waals surface area (Å²) in [6, 6.07) is 7.44. The van der Waals surface area contributed by atoms with Crippen LogP contribution in [0.25, 0.3) is 21.3 Å². The summed E-state index contributed by atoms with van der Waals surface area (Å²) >= 11 is 1.21. The average Bonchev–Trinajstić information content (AvgIpc) is 3.50. The lowest BCUT2D eigenvalue weighted by Gasteiger charge is -2.15. The monoisotopic (exact) mass is 498 g/mol. The van der Waals surface area contributed by atoms with Crippen LogP contribution >= 0.6 is 11.3 Å². The number of hydroxylamine groups is 2. The third-order valence-electron chi connectivity index (χ3n) is 6.02. The fraction of sp³-hybridized carbons (Fsp3) is 0.391. The zero-order chi connectivity index (χ0) is 25.0. The Balaban J connectivity index is 1.78. The molecule has 1 aromatic carbocycles. The third kappa shape index (κ3) is 3.83. The van der Waals surface area contributed by atoms with Crippen LogP contribution < -0.4 is 17.0 Å². The molecule has 35 heavy (non-hydrogen) atoms. The summed E-state index contributed by atoms with van der Waals surface area (Å²) in [5, 5.41) is 11.1. The number of hydrogen-bond acceptors (Lipinski definition) is 8. The molecule has 3 N–H and O–H groups in total. The van der Waals surface area contributed by atoms with Crippen molar-refractivity contribution in [1.29, 1.82) is 0 Å². The van der Waals surface area contributed by atoms with Gasteiger partial charge in [-0.25, -0.2) is 14.8 Å². The first kappa shape index (κ1) is 23.3. The molecule has 1 atom stereocenters. The molecular formula is C23H26N6O5S. The topological polar surface area (TPSA) is 138 Å². The summed E-state index contributed by atoms with van der Waals surface area (Å²) in [4.78, 5) is 50.8. The molecule has 1 amide bonds. The summed E-state index contributed by atoms with van der Waals surface area (Å²) in [7, 11) is 1.41. The van der Waals surface area contributed by atoms with Crippen molar-refractivity contribution in [3.05, 3.63) is 55.5 Å². The van der Waals surface area contributed by atoms with E-state index < -0.39 is 23.3 Å². The van der Waals surface area contributed by atoms with Gasteiger partial charge in [-0.05, 0) is 18.1 Å². The minimum Gasteiger partial charge on any atom is -0.389 e. The molecule has 5 rings (SSSR count). The molecule has 4 aromatic rings. The second-order valence-electron chi connectivity index (χ2n) is 9.09. The molecule has 1 saturated heterocycles. The Bertz CT molecular complexity index is 1580. The first-order valence-corrected chi connectivity index (χ1v) is 12.1. The van der Waals surface area contributed by atoms with Crippen molar-refractivity contribution >= 4 is 44.4 Å². The van der Waals surface area contributed by atoms with Crippen LogP contribution in [-0.4, -0.2) is 54.0 Å². The quantitative estimate of drug-likeness (QED) is 0.421. The van der Waals surface area contributed by atoms with E-state index in [1.807, 2.05) is 38.1 Å². The zero-order valence-corrected chi connectivity index (χ0v) is 20.4. The molecule has 0 radical (unpaired) electrons. The predicted molar refractivity (Wildman–Crippen MR) is 132 cm³/mol. The maximum absolute atomic E-state index is 13.7. The molecule has 1 fully saturated rings. The van der Waals surface area contributed by atoms with E-state index in [9.17, 15) is 19.5 Å². The molecule has 12 heteroatoms. The van der Waals surface area contributed by atoms with E-state index in [4.69, 9.17) is 10.6 Å². The van der Waals surface area contributed by atoms with Crippen molar-refractivity contribution in [2.45, 2.75) is 33.0 Å². The summed E-state index contributed by atoms with van der Waals surface area (Å²) in [6.45, 7) is 4.47. The van der Waals surface area contributed by atoms with Crippen molar-refractivity contribution in [3.8, 4) is 0 Å². The number of nitrogens with zero attached hydrogens (tertiary/aromatic N) is 5. The number of nitrogen functional groups attached to an aromatic ring is 1. The van der Waals surface area contributed by atoms with Gasteiger partial charge >= 0.3 is 5.69 Å². The van der Waals surface area contributed by atoms with E-state index >= 15 is 0 Å². The molecule has 0 aliphatic carbocycles. The van der Waals surface area contributed by atoms with E-state index in [1.54, 1.807) is 9.13 Å². The number of fused-ring (bicyclic) bond motifs is 2. The Hall–Kier alpha value is -3.48. The molecule has 184 valence electrons. The SMILES string of the molecule is CC(C)Cn1c(=O)n(C)c(=O)c2c(C(=O)N3CC(O)CO3)c(Cn3c(N)nc4ccccc43)sc21. The van der Waals surface area contributed by atoms with Gasteiger partial charge in [-0.1, -0.05) is 26.0 Å². The normalized spacial score (nSPS) is 16.3. The van der Waals surface area contributed by atoms with Crippen molar-refractivity contribution in [2.75, 3.05) is 18.9 Å². The number of benzene rings is 1. The number of imidazole rings is 1. The van der Waals surface area contributed by atoms with Gasteiger partial charge in [-0.15, -0.1) is 11.3 Å². The second-order valence-corrected chi connectivity index (χ2v) is 10.2. The van der Waals surface area contributed by atoms with Gasteiger partial charge in [0.2, 0.25) is 5.95 Å². The number of para-hydroxylation sites is 2. The number of aliphatic hydroxyl groups is 1. The predicted octanol–water partition coefficient (Wildman–Crippen LogP) is 1.15. The van der Waals surface area contributed by atoms with Gasteiger partial charge < -0.3 is 15.4 Å². The van der Waals surface area contributed by atoms with E-state index in [1.165, 1.54) is 18.4 Å². The minimum absolute atomic E-state index is 0.0156. The molecule has 0 saturated carbocycles. The van der Waals surface area contributed by atoms with E-state index in [-0.39, 0.29) is 42.5 Å². The number of hydrogen-bond donors (Lipinski definition) is 2. The molecule has 11 nitrogen and oxygen atoms in total. The van der Waals surface area contributed by atoms with Crippen molar-refractivity contribution in [2.24, 2.45) is 13.0 Å². The molecule has 3 aromatic heterocycles. The highest BCUT2D eigenvalue weighted by Gasteiger charge is 2.33. The lowest BCUT2D eigenvalue weighted by molar-refractivity contribution is -0.0778.